The maximum atomic E-state index is 11.0. The minimum absolute atomic E-state index is 0.00333. The van der Waals surface area contributed by atoms with Crippen molar-refractivity contribution in [3.8, 4) is 5.75 Å². The van der Waals surface area contributed by atoms with Crippen LogP contribution in [0.4, 0.5) is 5.69 Å². The van der Waals surface area contributed by atoms with Crippen LogP contribution in [0.5, 0.6) is 5.75 Å². The Morgan fingerprint density at radius 3 is 2.69 bits per heavy atom. The molecule has 0 aromatic heterocycles. The van der Waals surface area contributed by atoms with Crippen LogP contribution in [0.3, 0.4) is 0 Å². The first-order valence-corrected chi connectivity index (χ1v) is 4.48. The van der Waals surface area contributed by atoms with Gasteiger partial charge in [0, 0.05) is 18.8 Å². The van der Waals surface area contributed by atoms with Crippen LogP contribution in [0.15, 0.2) is 30.9 Å². The van der Waals surface area contributed by atoms with Crippen molar-refractivity contribution in [2.45, 2.75) is 0 Å². The SMILES string of the molecule is C=CC(=O)Oc1ccc(NC)cc1C(=O)O. The van der Waals surface area contributed by atoms with Crippen molar-refractivity contribution in [2.24, 2.45) is 0 Å². The average Bonchev–Trinajstić information content (AvgIpc) is 2.29. The largest absolute Gasteiger partial charge is 0.478 e. The molecule has 5 nitrogen and oxygen atoms in total. The van der Waals surface area contributed by atoms with Crippen LogP contribution in [-0.2, 0) is 4.79 Å². The molecule has 1 aromatic carbocycles. The van der Waals surface area contributed by atoms with Gasteiger partial charge in [0.05, 0.1) is 0 Å². The fourth-order valence-electron chi connectivity index (χ4n) is 1.09. The third-order valence-corrected chi connectivity index (χ3v) is 1.88. The molecule has 0 spiro atoms. The number of carbonyl (C=O) groups is 2. The van der Waals surface area contributed by atoms with E-state index in [4.69, 9.17) is 9.84 Å². The van der Waals surface area contributed by atoms with E-state index in [0.717, 1.165) is 6.08 Å². The molecule has 84 valence electrons. The van der Waals surface area contributed by atoms with Gasteiger partial charge < -0.3 is 15.2 Å². The molecule has 0 saturated heterocycles. The number of esters is 1. The summed E-state index contributed by atoms with van der Waals surface area (Å²) < 4.78 is 4.79. The molecule has 0 aliphatic heterocycles. The molecule has 0 bridgehead atoms. The molecule has 0 aliphatic rings. The van der Waals surface area contributed by atoms with Crippen molar-refractivity contribution in [1.29, 1.82) is 0 Å². The Kier molecular flexibility index (Phi) is 3.66. The lowest BCUT2D eigenvalue weighted by Gasteiger charge is -2.07. The van der Waals surface area contributed by atoms with E-state index in [1.807, 2.05) is 0 Å². The molecule has 0 aliphatic carbocycles. The Balaban J connectivity index is 3.12. The molecule has 0 unspecified atom stereocenters. The number of rotatable bonds is 4. The van der Waals surface area contributed by atoms with E-state index in [2.05, 4.69) is 11.9 Å². The quantitative estimate of drug-likeness (QED) is 0.458. The zero-order valence-corrected chi connectivity index (χ0v) is 8.69. The first-order chi connectivity index (χ1) is 7.58. The van der Waals surface area contributed by atoms with E-state index in [0.29, 0.717) is 5.69 Å². The van der Waals surface area contributed by atoms with E-state index in [-0.39, 0.29) is 11.3 Å². The second-order valence-corrected chi connectivity index (χ2v) is 2.89. The highest BCUT2D eigenvalue weighted by Crippen LogP contribution is 2.22. The minimum Gasteiger partial charge on any atom is -0.478 e. The summed E-state index contributed by atoms with van der Waals surface area (Å²) in [4.78, 5) is 21.9. The molecule has 2 N–H and O–H groups in total. The summed E-state index contributed by atoms with van der Waals surface area (Å²) in [6.45, 7) is 3.23. The number of aromatic carboxylic acids is 1. The smallest absolute Gasteiger partial charge is 0.339 e. The third-order valence-electron chi connectivity index (χ3n) is 1.88. The van der Waals surface area contributed by atoms with Gasteiger partial charge in [-0.25, -0.2) is 9.59 Å². The van der Waals surface area contributed by atoms with Crippen molar-refractivity contribution in [2.75, 3.05) is 12.4 Å². The highest BCUT2D eigenvalue weighted by atomic mass is 16.5. The van der Waals surface area contributed by atoms with Crippen molar-refractivity contribution in [3.05, 3.63) is 36.4 Å². The van der Waals surface area contributed by atoms with Crippen molar-refractivity contribution in [1.82, 2.24) is 0 Å². The fraction of sp³-hybridized carbons (Fsp3) is 0.0909. The van der Waals surface area contributed by atoms with E-state index in [1.54, 1.807) is 13.1 Å². The second-order valence-electron chi connectivity index (χ2n) is 2.89. The van der Waals surface area contributed by atoms with Gasteiger partial charge in [0.1, 0.15) is 11.3 Å². The Hall–Kier alpha value is -2.30. The van der Waals surface area contributed by atoms with Crippen LogP contribution in [0.2, 0.25) is 0 Å². The van der Waals surface area contributed by atoms with Gasteiger partial charge >= 0.3 is 11.9 Å². The lowest BCUT2D eigenvalue weighted by atomic mass is 10.2. The number of benzene rings is 1. The van der Waals surface area contributed by atoms with Crippen LogP contribution < -0.4 is 10.1 Å². The van der Waals surface area contributed by atoms with Crippen LogP contribution >= 0.6 is 0 Å². The van der Waals surface area contributed by atoms with Gasteiger partial charge in [-0.2, -0.15) is 0 Å². The van der Waals surface area contributed by atoms with Gasteiger partial charge in [-0.3, -0.25) is 0 Å². The first-order valence-electron chi connectivity index (χ1n) is 4.48. The second kappa shape index (κ2) is 4.97. The van der Waals surface area contributed by atoms with Crippen molar-refractivity contribution >= 4 is 17.6 Å². The van der Waals surface area contributed by atoms with Crippen molar-refractivity contribution < 1.29 is 19.4 Å². The van der Waals surface area contributed by atoms with E-state index < -0.39 is 11.9 Å². The van der Waals surface area contributed by atoms with Crippen LogP contribution in [0.1, 0.15) is 10.4 Å². The van der Waals surface area contributed by atoms with Gasteiger partial charge in [0.25, 0.3) is 0 Å². The Labute approximate surface area is 92.3 Å². The maximum Gasteiger partial charge on any atom is 0.339 e. The Morgan fingerprint density at radius 2 is 2.19 bits per heavy atom. The van der Waals surface area contributed by atoms with Crippen molar-refractivity contribution in [3.63, 3.8) is 0 Å². The van der Waals surface area contributed by atoms with Crippen LogP contribution in [0.25, 0.3) is 0 Å². The van der Waals surface area contributed by atoms with Gasteiger partial charge in [0.2, 0.25) is 0 Å². The number of hydrogen-bond donors (Lipinski definition) is 2. The van der Waals surface area contributed by atoms with Gasteiger partial charge in [-0.05, 0) is 18.2 Å². The fourth-order valence-corrected chi connectivity index (χ4v) is 1.09. The molecule has 5 heteroatoms. The van der Waals surface area contributed by atoms with Gasteiger partial charge in [-0.15, -0.1) is 0 Å². The Morgan fingerprint density at radius 1 is 1.50 bits per heavy atom. The molecule has 0 radical (unpaired) electrons. The predicted molar refractivity (Wildman–Crippen MR) is 58.8 cm³/mol. The van der Waals surface area contributed by atoms with Gasteiger partial charge in [-0.1, -0.05) is 6.58 Å². The molecule has 0 amide bonds. The highest BCUT2D eigenvalue weighted by molar-refractivity contribution is 5.94. The number of hydrogen-bond acceptors (Lipinski definition) is 4. The summed E-state index contributed by atoms with van der Waals surface area (Å²) in [7, 11) is 1.66. The van der Waals surface area contributed by atoms with Gasteiger partial charge in [0.15, 0.2) is 0 Å². The summed E-state index contributed by atoms with van der Waals surface area (Å²) >= 11 is 0. The minimum atomic E-state index is -1.16. The summed E-state index contributed by atoms with van der Waals surface area (Å²) in [6, 6.07) is 4.41. The zero-order chi connectivity index (χ0) is 12.1. The monoisotopic (exact) mass is 221 g/mol. The summed E-state index contributed by atoms with van der Waals surface area (Å²) in [5.74, 6) is -1.86. The summed E-state index contributed by atoms with van der Waals surface area (Å²) in [5.41, 5.74) is 0.540. The molecule has 0 saturated carbocycles. The topological polar surface area (TPSA) is 75.6 Å². The zero-order valence-electron chi connectivity index (χ0n) is 8.69. The van der Waals surface area contributed by atoms with E-state index in [1.165, 1.54) is 12.1 Å². The molecule has 0 heterocycles. The Bertz CT molecular complexity index is 440. The molecule has 1 aromatic rings. The molecular weight excluding hydrogens is 210 g/mol. The maximum absolute atomic E-state index is 11.0. The standard InChI is InChI=1S/C11H11NO4/c1-3-10(13)16-9-5-4-7(12-2)6-8(9)11(14)15/h3-6,12H,1H2,2H3,(H,14,15). The number of anilines is 1. The van der Waals surface area contributed by atoms with Crippen LogP contribution in [-0.4, -0.2) is 24.1 Å². The summed E-state index contributed by atoms with van der Waals surface area (Å²) in [5, 5.41) is 11.7. The number of ether oxygens (including phenoxy) is 1. The molecular formula is C11H11NO4. The first kappa shape index (κ1) is 11.8. The predicted octanol–water partition coefficient (Wildman–Crippen LogP) is 1.52. The molecule has 1 rings (SSSR count). The lowest BCUT2D eigenvalue weighted by Crippen LogP contribution is -2.08. The number of nitrogens with one attached hydrogen (secondary N) is 1. The lowest BCUT2D eigenvalue weighted by molar-refractivity contribution is -0.128. The third kappa shape index (κ3) is 2.60. The summed E-state index contributed by atoms with van der Waals surface area (Å²) in [6.07, 6.45) is 0.970. The van der Waals surface area contributed by atoms with Crippen LogP contribution in [0, 0.1) is 0 Å². The van der Waals surface area contributed by atoms with E-state index in [9.17, 15) is 9.59 Å². The van der Waals surface area contributed by atoms with E-state index >= 15 is 0 Å². The highest BCUT2D eigenvalue weighted by Gasteiger charge is 2.13. The number of carboxylic acid groups (broad SMARTS) is 1. The molecule has 16 heavy (non-hydrogen) atoms. The average molecular weight is 221 g/mol. The molecule has 0 fully saturated rings. The molecule has 0 atom stereocenters. The normalized spacial score (nSPS) is 9.31. The number of carboxylic acids is 1. The number of carbonyl (C=O) groups excluding carboxylic acids is 1.